The van der Waals surface area contributed by atoms with Gasteiger partial charge in [-0.15, -0.1) is 0 Å². The number of benzene rings is 2. The molecule has 0 radical (unpaired) electrons. The van der Waals surface area contributed by atoms with Crippen molar-refractivity contribution in [2.75, 3.05) is 75.5 Å². The van der Waals surface area contributed by atoms with Crippen LogP contribution in [0.3, 0.4) is 0 Å². The summed E-state index contributed by atoms with van der Waals surface area (Å²) >= 11 is 0. The number of piperazine rings is 1. The normalized spacial score (nSPS) is 21.8. The van der Waals surface area contributed by atoms with Gasteiger partial charge in [-0.2, -0.15) is 5.43 Å². The van der Waals surface area contributed by atoms with Crippen LogP contribution >= 0.6 is 0 Å². The van der Waals surface area contributed by atoms with Gasteiger partial charge in [-0.3, -0.25) is 24.3 Å². The number of allylic oxidation sites excluding steroid dienone is 2. The van der Waals surface area contributed by atoms with E-state index in [0.29, 0.717) is 6.42 Å². The van der Waals surface area contributed by atoms with Crippen LogP contribution in [-0.4, -0.2) is 142 Å². The molecule has 0 bridgehead atoms. The van der Waals surface area contributed by atoms with Crippen molar-refractivity contribution in [3.8, 4) is 0 Å². The third-order valence-corrected chi connectivity index (χ3v) is 11.5. The number of fused-ring (bicyclic) bond motifs is 1. The van der Waals surface area contributed by atoms with Crippen molar-refractivity contribution in [2.24, 2.45) is 10.4 Å². The van der Waals surface area contributed by atoms with Gasteiger partial charge in [0.25, 0.3) is 0 Å². The summed E-state index contributed by atoms with van der Waals surface area (Å²) in [6, 6.07) is 14.1. The minimum absolute atomic E-state index is 0.0992. The van der Waals surface area contributed by atoms with E-state index in [1.165, 1.54) is 6.26 Å². The number of carbonyl (C=O) groups is 3. The largest absolute Gasteiger partial charge is 0.391 e. The van der Waals surface area contributed by atoms with E-state index in [2.05, 4.69) is 43.3 Å². The van der Waals surface area contributed by atoms with Crippen molar-refractivity contribution in [1.82, 2.24) is 30.9 Å². The van der Waals surface area contributed by atoms with Crippen molar-refractivity contribution in [2.45, 2.75) is 63.5 Å². The molecule has 3 amide bonds. The van der Waals surface area contributed by atoms with Gasteiger partial charge in [0.1, 0.15) is 18.5 Å². The molecule has 4 aliphatic heterocycles. The number of amidine groups is 1. The zero-order chi connectivity index (χ0) is 40.9. The fourth-order valence-corrected chi connectivity index (χ4v) is 7.91. The third-order valence-electron chi connectivity index (χ3n) is 10.4. The molecular formula is C40H55N9O7S. The van der Waals surface area contributed by atoms with Crippen LogP contribution in [0.5, 0.6) is 0 Å². The van der Waals surface area contributed by atoms with Crippen LogP contribution in [0.15, 0.2) is 76.6 Å². The fraction of sp³-hybridized carbons (Fsp3) is 0.500. The van der Waals surface area contributed by atoms with Gasteiger partial charge < -0.3 is 35.6 Å². The van der Waals surface area contributed by atoms with Crippen LogP contribution in [0, 0.1) is 5.41 Å². The van der Waals surface area contributed by atoms with E-state index in [0.717, 1.165) is 54.6 Å². The lowest BCUT2D eigenvalue weighted by Crippen LogP contribution is -2.56. The fourth-order valence-electron chi connectivity index (χ4n) is 7.28. The van der Waals surface area contributed by atoms with Gasteiger partial charge in [-0.25, -0.2) is 13.4 Å². The van der Waals surface area contributed by atoms with Crippen LogP contribution in [0.25, 0.3) is 5.70 Å². The summed E-state index contributed by atoms with van der Waals surface area (Å²) in [5.41, 5.74) is 6.53. The van der Waals surface area contributed by atoms with Crippen LogP contribution in [0.4, 0.5) is 11.4 Å². The molecule has 0 aromatic heterocycles. The minimum Gasteiger partial charge on any atom is -0.391 e. The van der Waals surface area contributed by atoms with E-state index in [9.17, 15) is 27.9 Å². The van der Waals surface area contributed by atoms with Gasteiger partial charge in [0.15, 0.2) is 16.1 Å². The third kappa shape index (κ3) is 10.8. The summed E-state index contributed by atoms with van der Waals surface area (Å²) in [4.78, 5) is 49.6. The standard InChI is InChI=1S/C40H55N9O7S/c1-27-23-31(50)24-48(27)38(53)37(40(2,3)4)44-36(52)26-56-22-17-41-35(51)25-46-18-20-47(21-19-46)30-13-11-29(12-14-30)42-39-43-34-8-6-7-33(49(34)45-39)28-9-15-32(16-10-28)57(5,54)55/h6-16,27,31,37,39,42,45,50H,17-26H2,1-5H3,(H,41,51)(H,44,52)/t27-,31-,37-,39?/m1/s1. The molecule has 2 aromatic carbocycles. The maximum absolute atomic E-state index is 13.2. The predicted octanol–water partition coefficient (Wildman–Crippen LogP) is 1.38. The molecule has 5 N–H and O–H groups in total. The van der Waals surface area contributed by atoms with Crippen molar-refractivity contribution >= 4 is 50.5 Å². The molecule has 16 nitrogen and oxygen atoms in total. The van der Waals surface area contributed by atoms with Crippen molar-refractivity contribution in [3.05, 3.63) is 72.3 Å². The quantitative estimate of drug-likeness (QED) is 0.173. The highest BCUT2D eigenvalue weighted by atomic mass is 32.2. The summed E-state index contributed by atoms with van der Waals surface area (Å²) in [5.74, 6) is -0.000217. The van der Waals surface area contributed by atoms with Gasteiger partial charge in [-0.1, -0.05) is 39.0 Å². The molecule has 57 heavy (non-hydrogen) atoms. The second-order valence-electron chi connectivity index (χ2n) is 16.0. The van der Waals surface area contributed by atoms with Crippen molar-refractivity contribution in [3.63, 3.8) is 0 Å². The van der Waals surface area contributed by atoms with Crippen LogP contribution in [-0.2, 0) is 29.0 Å². The van der Waals surface area contributed by atoms with Gasteiger partial charge in [0, 0.05) is 62.9 Å². The number of hydrazine groups is 1. The molecule has 2 aromatic rings. The molecule has 0 aliphatic carbocycles. The highest BCUT2D eigenvalue weighted by Crippen LogP contribution is 2.28. The number of aliphatic hydroxyl groups is 1. The Balaban J connectivity index is 0.873. The van der Waals surface area contributed by atoms with Gasteiger partial charge in [0.2, 0.25) is 17.7 Å². The SMILES string of the molecule is C[C@@H]1C[C@@H](O)CN1C(=O)[C@@H](NC(=O)COCCNC(=O)CN1CCN(c2ccc(NC3N=C4C=CC=C(c5ccc(S(C)(=O)=O)cc5)N4N3)cc2)CC1)C(C)(C)C. The average Bonchev–Trinajstić information content (AvgIpc) is 3.74. The number of hydrogen-bond acceptors (Lipinski definition) is 13. The molecule has 2 saturated heterocycles. The molecule has 6 rings (SSSR count). The van der Waals surface area contributed by atoms with E-state index >= 15 is 0 Å². The lowest BCUT2D eigenvalue weighted by Gasteiger charge is -2.35. The molecular weight excluding hydrogens is 751 g/mol. The first kappa shape index (κ1) is 41.8. The Morgan fingerprint density at radius 1 is 1.02 bits per heavy atom. The smallest absolute Gasteiger partial charge is 0.246 e. The lowest BCUT2D eigenvalue weighted by molar-refractivity contribution is -0.141. The lowest BCUT2D eigenvalue weighted by atomic mass is 9.85. The molecule has 17 heteroatoms. The Kier molecular flexibility index (Phi) is 13.0. The van der Waals surface area contributed by atoms with Crippen molar-refractivity contribution < 1.29 is 32.6 Å². The number of carbonyl (C=O) groups excluding carboxylic acids is 3. The monoisotopic (exact) mass is 805 g/mol. The maximum Gasteiger partial charge on any atom is 0.246 e. The van der Waals surface area contributed by atoms with Gasteiger partial charge in [0.05, 0.1) is 29.8 Å². The Bertz CT molecular complexity index is 1970. The number of β-amino-alcohol motifs (C(OH)–C–C–N with tert-alkyl or cyclic N) is 1. The highest BCUT2D eigenvalue weighted by molar-refractivity contribution is 7.90. The number of aliphatic hydroxyl groups excluding tert-OH is 1. The molecule has 308 valence electrons. The first-order valence-corrected chi connectivity index (χ1v) is 21.2. The minimum atomic E-state index is -3.28. The number of likely N-dealkylation sites (tertiary alicyclic amines) is 1. The molecule has 4 aliphatic rings. The van der Waals surface area contributed by atoms with Crippen molar-refractivity contribution in [1.29, 1.82) is 0 Å². The summed E-state index contributed by atoms with van der Waals surface area (Å²) < 4.78 is 29.3. The first-order chi connectivity index (χ1) is 27.0. The Hall–Kier alpha value is -4.81. The second kappa shape index (κ2) is 17.8. The predicted molar refractivity (Wildman–Crippen MR) is 219 cm³/mol. The number of ether oxygens (including phenoxy) is 1. The number of hydrogen-bond donors (Lipinski definition) is 5. The van der Waals surface area contributed by atoms with E-state index in [1.54, 1.807) is 29.2 Å². The number of rotatable bonds is 14. The molecule has 4 heterocycles. The molecule has 4 atom stereocenters. The number of nitrogens with zero attached hydrogens (tertiary/aromatic N) is 5. The summed E-state index contributed by atoms with van der Waals surface area (Å²) in [7, 11) is -3.28. The number of nitrogens with one attached hydrogen (secondary N) is 4. The van der Waals surface area contributed by atoms with E-state index in [4.69, 9.17) is 9.73 Å². The zero-order valence-electron chi connectivity index (χ0n) is 33.3. The van der Waals surface area contributed by atoms with E-state index < -0.39 is 39.6 Å². The number of amides is 3. The number of aliphatic imine (C=N–C) groups is 1. The first-order valence-electron chi connectivity index (χ1n) is 19.3. The van der Waals surface area contributed by atoms with Crippen LogP contribution in [0.2, 0.25) is 0 Å². The average molecular weight is 806 g/mol. The number of anilines is 2. The second-order valence-corrected chi connectivity index (χ2v) is 18.0. The molecule has 0 saturated carbocycles. The van der Waals surface area contributed by atoms with Crippen LogP contribution < -0.4 is 26.3 Å². The van der Waals surface area contributed by atoms with E-state index in [-0.39, 0.29) is 55.6 Å². The van der Waals surface area contributed by atoms with Gasteiger partial charge in [-0.05, 0) is 72.9 Å². The molecule has 2 fully saturated rings. The van der Waals surface area contributed by atoms with Crippen LogP contribution in [0.1, 0.15) is 39.7 Å². The number of sulfone groups is 1. The highest BCUT2D eigenvalue weighted by Gasteiger charge is 2.40. The maximum atomic E-state index is 13.2. The summed E-state index contributed by atoms with van der Waals surface area (Å²) in [5, 5.41) is 21.0. The van der Waals surface area contributed by atoms with E-state index in [1.807, 2.05) is 63.1 Å². The topological polar surface area (TPSA) is 188 Å². The zero-order valence-corrected chi connectivity index (χ0v) is 34.1. The summed E-state index contributed by atoms with van der Waals surface area (Å²) in [6.45, 7) is 11.2. The Morgan fingerprint density at radius 2 is 1.72 bits per heavy atom. The Morgan fingerprint density at radius 3 is 2.35 bits per heavy atom. The Labute approximate surface area is 334 Å². The molecule has 0 spiro atoms. The van der Waals surface area contributed by atoms with Gasteiger partial charge >= 0.3 is 0 Å². The molecule has 1 unspecified atom stereocenters. The summed E-state index contributed by atoms with van der Waals surface area (Å²) in [6.07, 6.45) is 6.52.